The molecule has 0 bridgehead atoms. The molecule has 5 nitrogen and oxygen atoms in total. The average Bonchev–Trinajstić information content (AvgIpc) is 3.20. The molecule has 1 aliphatic carbocycles. The Morgan fingerprint density at radius 1 is 1.45 bits per heavy atom. The van der Waals surface area contributed by atoms with E-state index in [4.69, 9.17) is 16.7 Å². The van der Waals surface area contributed by atoms with Gasteiger partial charge in [0.15, 0.2) is 5.75 Å². The van der Waals surface area contributed by atoms with Gasteiger partial charge in [-0.25, -0.2) is 9.18 Å². The molecule has 0 atom stereocenters. The van der Waals surface area contributed by atoms with Gasteiger partial charge in [0, 0.05) is 6.04 Å². The van der Waals surface area contributed by atoms with Gasteiger partial charge in [0.2, 0.25) is 5.43 Å². The van der Waals surface area contributed by atoms with Crippen LogP contribution in [-0.4, -0.2) is 15.8 Å². The maximum atomic E-state index is 13.6. The first-order chi connectivity index (χ1) is 9.49. The molecule has 7 heteroatoms. The zero-order valence-corrected chi connectivity index (χ0v) is 10.9. The predicted octanol–water partition coefficient (Wildman–Crippen LogP) is 3.19. The molecule has 0 unspecified atom stereocenters. The summed E-state index contributed by atoms with van der Waals surface area (Å²) < 4.78 is 19.7. The van der Waals surface area contributed by atoms with E-state index in [1.807, 2.05) is 0 Å². The topological polar surface area (TPSA) is 68.5 Å². The molecule has 1 heterocycles. The van der Waals surface area contributed by atoms with Crippen LogP contribution in [0.2, 0.25) is 5.02 Å². The molecule has 2 aromatic rings. The Labute approximate surface area is 117 Å². The number of benzene rings is 1. The van der Waals surface area contributed by atoms with Gasteiger partial charge in [0.05, 0.1) is 17.1 Å². The summed E-state index contributed by atoms with van der Waals surface area (Å²) in [5.74, 6) is -0.931. The second kappa shape index (κ2) is 4.49. The van der Waals surface area contributed by atoms with E-state index in [2.05, 4.69) is 4.74 Å². The van der Waals surface area contributed by atoms with Crippen LogP contribution < -0.4 is 10.2 Å². The average molecular weight is 298 g/mol. The number of hydrogen-bond donors (Lipinski definition) is 1. The van der Waals surface area contributed by atoms with Gasteiger partial charge in [0.25, 0.3) is 0 Å². The number of aromatic nitrogens is 1. The Morgan fingerprint density at radius 3 is 2.75 bits per heavy atom. The lowest BCUT2D eigenvalue weighted by molar-refractivity contribution is 0.143. The van der Waals surface area contributed by atoms with E-state index in [1.54, 1.807) is 4.57 Å². The highest BCUT2D eigenvalue weighted by Gasteiger charge is 2.27. The van der Waals surface area contributed by atoms with Gasteiger partial charge in [-0.1, -0.05) is 11.6 Å². The van der Waals surface area contributed by atoms with Crippen molar-refractivity contribution in [3.8, 4) is 5.75 Å². The molecule has 1 saturated carbocycles. The standard InChI is InChI=1S/C13H9ClFNO4/c14-10-8(15)4-3-7-11(10)16(6-1-2-6)5-9(12(7)17)20-13(18)19/h3-6H,1-2H2,(H,18,19). The Morgan fingerprint density at radius 2 is 2.15 bits per heavy atom. The van der Waals surface area contributed by atoms with Crippen LogP contribution in [0.25, 0.3) is 10.9 Å². The van der Waals surface area contributed by atoms with Crippen molar-refractivity contribution in [3.05, 3.63) is 39.4 Å². The molecule has 0 saturated heterocycles. The molecule has 3 rings (SSSR count). The minimum atomic E-state index is -1.57. The van der Waals surface area contributed by atoms with Crippen molar-refractivity contribution < 1.29 is 19.0 Å². The van der Waals surface area contributed by atoms with Crippen LogP contribution in [-0.2, 0) is 0 Å². The number of nitrogens with zero attached hydrogens (tertiary/aromatic N) is 1. The smallest absolute Gasteiger partial charge is 0.449 e. The van der Waals surface area contributed by atoms with Gasteiger partial charge in [0.1, 0.15) is 10.8 Å². The van der Waals surface area contributed by atoms with E-state index in [1.165, 1.54) is 12.3 Å². The third-order valence-electron chi connectivity index (χ3n) is 3.19. The normalized spacial score (nSPS) is 14.5. The largest absolute Gasteiger partial charge is 0.511 e. The number of halogens is 2. The lowest BCUT2D eigenvalue weighted by Crippen LogP contribution is -2.16. The van der Waals surface area contributed by atoms with Crippen LogP contribution in [0.4, 0.5) is 9.18 Å². The van der Waals surface area contributed by atoms with Gasteiger partial charge >= 0.3 is 6.16 Å². The first-order valence-electron chi connectivity index (χ1n) is 5.92. The number of rotatable bonds is 2. The summed E-state index contributed by atoms with van der Waals surface area (Å²) in [7, 11) is 0. The number of fused-ring (bicyclic) bond motifs is 1. The Balaban J connectivity index is 2.36. The number of pyridine rings is 1. The summed E-state index contributed by atoms with van der Waals surface area (Å²) in [6.45, 7) is 0. The summed E-state index contributed by atoms with van der Waals surface area (Å²) in [4.78, 5) is 22.8. The van der Waals surface area contributed by atoms with Crippen LogP contribution in [0.3, 0.4) is 0 Å². The van der Waals surface area contributed by atoms with Crippen LogP contribution in [0.5, 0.6) is 5.75 Å². The predicted molar refractivity (Wildman–Crippen MR) is 70.1 cm³/mol. The van der Waals surface area contributed by atoms with Crippen LogP contribution in [0.1, 0.15) is 18.9 Å². The van der Waals surface area contributed by atoms with E-state index < -0.39 is 17.4 Å². The van der Waals surface area contributed by atoms with E-state index in [0.29, 0.717) is 0 Å². The van der Waals surface area contributed by atoms with E-state index in [9.17, 15) is 14.0 Å². The van der Waals surface area contributed by atoms with Crippen LogP contribution in [0, 0.1) is 5.82 Å². The van der Waals surface area contributed by atoms with Crippen molar-refractivity contribution in [1.82, 2.24) is 4.57 Å². The summed E-state index contributed by atoms with van der Waals surface area (Å²) in [6.07, 6.45) is 1.42. The zero-order chi connectivity index (χ0) is 14.4. The van der Waals surface area contributed by atoms with Crippen molar-refractivity contribution in [3.63, 3.8) is 0 Å². The Bertz CT molecular complexity index is 782. The van der Waals surface area contributed by atoms with Crippen molar-refractivity contribution in [2.75, 3.05) is 0 Å². The van der Waals surface area contributed by atoms with Crippen molar-refractivity contribution in [2.45, 2.75) is 18.9 Å². The van der Waals surface area contributed by atoms with Crippen molar-refractivity contribution in [1.29, 1.82) is 0 Å². The van der Waals surface area contributed by atoms with Gasteiger partial charge < -0.3 is 14.4 Å². The monoisotopic (exact) mass is 297 g/mol. The molecule has 1 fully saturated rings. The fourth-order valence-corrected chi connectivity index (χ4v) is 2.43. The molecule has 1 aromatic carbocycles. The molecular formula is C13H9ClFNO4. The van der Waals surface area contributed by atoms with Crippen LogP contribution >= 0.6 is 11.6 Å². The molecule has 20 heavy (non-hydrogen) atoms. The van der Waals surface area contributed by atoms with Crippen molar-refractivity contribution >= 4 is 28.7 Å². The summed E-state index contributed by atoms with van der Waals surface area (Å²) >= 11 is 5.94. The third kappa shape index (κ3) is 2.02. The minimum absolute atomic E-state index is 0.0774. The maximum absolute atomic E-state index is 13.6. The number of carboxylic acid groups (broad SMARTS) is 1. The highest BCUT2D eigenvalue weighted by atomic mass is 35.5. The first kappa shape index (κ1) is 12.9. The molecule has 0 spiro atoms. The minimum Gasteiger partial charge on any atom is -0.449 e. The van der Waals surface area contributed by atoms with Gasteiger partial charge in [-0.2, -0.15) is 0 Å². The van der Waals surface area contributed by atoms with E-state index in [-0.39, 0.29) is 27.7 Å². The molecule has 1 aliphatic rings. The zero-order valence-electron chi connectivity index (χ0n) is 10.1. The molecule has 104 valence electrons. The lowest BCUT2D eigenvalue weighted by atomic mass is 10.2. The fraction of sp³-hybridized carbons (Fsp3) is 0.231. The molecule has 0 radical (unpaired) electrons. The maximum Gasteiger partial charge on any atom is 0.511 e. The third-order valence-corrected chi connectivity index (χ3v) is 3.55. The SMILES string of the molecule is O=C(O)Oc1cn(C2CC2)c2c(Cl)c(F)ccc2c1=O. The van der Waals surface area contributed by atoms with Gasteiger partial charge in [-0.15, -0.1) is 0 Å². The highest BCUT2D eigenvalue weighted by molar-refractivity contribution is 6.35. The summed E-state index contributed by atoms with van der Waals surface area (Å²) in [5, 5.41) is 8.65. The molecule has 0 aliphatic heterocycles. The summed E-state index contributed by atoms with van der Waals surface area (Å²) in [5.41, 5.74) is -0.349. The number of ether oxygens (including phenoxy) is 1. The Hall–Kier alpha value is -2.08. The second-order valence-electron chi connectivity index (χ2n) is 4.59. The molecule has 1 N–H and O–H groups in total. The van der Waals surface area contributed by atoms with Crippen molar-refractivity contribution in [2.24, 2.45) is 0 Å². The van der Waals surface area contributed by atoms with Crippen LogP contribution in [0.15, 0.2) is 23.1 Å². The quantitative estimate of drug-likeness (QED) is 0.864. The second-order valence-corrected chi connectivity index (χ2v) is 4.96. The van der Waals surface area contributed by atoms with Gasteiger partial charge in [-0.3, -0.25) is 4.79 Å². The van der Waals surface area contributed by atoms with E-state index in [0.717, 1.165) is 18.9 Å². The highest BCUT2D eigenvalue weighted by Crippen LogP contribution is 2.39. The summed E-state index contributed by atoms with van der Waals surface area (Å²) in [6, 6.07) is 2.44. The number of hydrogen-bond acceptors (Lipinski definition) is 3. The molecular weight excluding hydrogens is 289 g/mol. The number of carbonyl (C=O) groups is 1. The first-order valence-corrected chi connectivity index (χ1v) is 6.30. The lowest BCUT2D eigenvalue weighted by Gasteiger charge is -2.13. The molecule has 0 amide bonds. The Kier molecular flexibility index (Phi) is 2.90. The van der Waals surface area contributed by atoms with E-state index >= 15 is 0 Å². The fourth-order valence-electron chi connectivity index (χ4n) is 2.17. The van der Waals surface area contributed by atoms with Gasteiger partial charge in [-0.05, 0) is 25.0 Å². The molecule has 1 aromatic heterocycles.